The summed E-state index contributed by atoms with van der Waals surface area (Å²) in [6, 6.07) is 14.3. The van der Waals surface area contributed by atoms with Crippen LogP contribution in [0, 0.1) is 0 Å². The fourth-order valence-corrected chi connectivity index (χ4v) is 2.68. The Balaban J connectivity index is 1.71. The molecule has 2 aromatic carbocycles. The van der Waals surface area contributed by atoms with Gasteiger partial charge in [0.2, 0.25) is 0 Å². The molecule has 0 aliphatic rings. The normalized spacial score (nSPS) is 10.4. The molecule has 1 N–H and O–H groups in total. The average molecular weight is 372 g/mol. The highest BCUT2D eigenvalue weighted by Crippen LogP contribution is 2.27. The van der Waals surface area contributed by atoms with Crippen LogP contribution < -0.4 is 14.8 Å². The number of aromatic nitrogens is 2. The third kappa shape index (κ3) is 3.97. The van der Waals surface area contributed by atoms with Crippen molar-refractivity contribution in [3.63, 3.8) is 0 Å². The molecule has 26 heavy (non-hydrogen) atoms. The number of carbonyl (C=O) groups excluding carboxylic acids is 1. The topological polar surface area (TPSA) is 65.4 Å². The maximum absolute atomic E-state index is 12.4. The maximum Gasteiger partial charge on any atom is 0.257 e. The lowest BCUT2D eigenvalue weighted by molar-refractivity contribution is 0.102. The summed E-state index contributed by atoms with van der Waals surface area (Å²) >= 11 is 6.17. The second-order valence-corrected chi connectivity index (χ2v) is 5.92. The van der Waals surface area contributed by atoms with Crippen molar-refractivity contribution in [2.45, 2.75) is 6.54 Å². The molecule has 0 radical (unpaired) electrons. The standard InChI is InChI=1S/C19H18ClN3O3/c1-25-16-8-7-13(11-17(16)26-2)19(24)21-18-9-10-23(22-18)12-14-5-3-4-6-15(14)20/h3-11H,12H2,1-2H3,(H,21,22,24). The molecule has 0 aliphatic heterocycles. The fraction of sp³-hybridized carbons (Fsp3) is 0.158. The Morgan fingerprint density at radius 3 is 2.62 bits per heavy atom. The molecule has 7 heteroatoms. The molecule has 0 fully saturated rings. The van der Waals surface area contributed by atoms with Gasteiger partial charge in [0, 0.05) is 22.8 Å². The van der Waals surface area contributed by atoms with Crippen molar-refractivity contribution in [1.82, 2.24) is 9.78 Å². The van der Waals surface area contributed by atoms with Gasteiger partial charge in [-0.15, -0.1) is 0 Å². The number of nitrogens with one attached hydrogen (secondary N) is 1. The molecule has 0 saturated carbocycles. The third-order valence-electron chi connectivity index (χ3n) is 3.82. The summed E-state index contributed by atoms with van der Waals surface area (Å²) in [5.74, 6) is 1.23. The lowest BCUT2D eigenvalue weighted by Crippen LogP contribution is -2.13. The van der Waals surface area contributed by atoms with Crippen molar-refractivity contribution in [1.29, 1.82) is 0 Å². The van der Waals surface area contributed by atoms with E-state index in [-0.39, 0.29) is 5.91 Å². The van der Waals surface area contributed by atoms with Crippen LogP contribution in [-0.2, 0) is 6.54 Å². The molecule has 3 rings (SSSR count). The molecule has 0 saturated heterocycles. The first-order valence-corrected chi connectivity index (χ1v) is 8.28. The van der Waals surface area contributed by atoms with Crippen molar-refractivity contribution >= 4 is 23.3 Å². The summed E-state index contributed by atoms with van der Waals surface area (Å²) in [7, 11) is 3.07. The number of amides is 1. The number of anilines is 1. The van der Waals surface area contributed by atoms with Crippen molar-refractivity contribution in [2.75, 3.05) is 19.5 Å². The molecule has 1 heterocycles. The van der Waals surface area contributed by atoms with Crippen LogP contribution in [0.4, 0.5) is 5.82 Å². The number of halogens is 1. The van der Waals surface area contributed by atoms with Gasteiger partial charge >= 0.3 is 0 Å². The van der Waals surface area contributed by atoms with E-state index in [9.17, 15) is 4.79 Å². The summed E-state index contributed by atoms with van der Waals surface area (Å²) in [5.41, 5.74) is 1.40. The molecule has 134 valence electrons. The van der Waals surface area contributed by atoms with E-state index in [4.69, 9.17) is 21.1 Å². The Morgan fingerprint density at radius 1 is 1.12 bits per heavy atom. The molecule has 0 spiro atoms. The Bertz CT molecular complexity index is 924. The van der Waals surface area contributed by atoms with Gasteiger partial charge in [0.15, 0.2) is 17.3 Å². The average Bonchev–Trinajstić information content (AvgIpc) is 3.09. The second kappa shape index (κ2) is 7.93. The fourth-order valence-electron chi connectivity index (χ4n) is 2.48. The number of nitrogens with zero attached hydrogens (tertiary/aromatic N) is 2. The minimum absolute atomic E-state index is 0.283. The number of methoxy groups -OCH3 is 2. The Morgan fingerprint density at radius 2 is 1.88 bits per heavy atom. The van der Waals surface area contributed by atoms with Crippen LogP contribution in [0.15, 0.2) is 54.7 Å². The van der Waals surface area contributed by atoms with Gasteiger partial charge in [0.25, 0.3) is 5.91 Å². The Kier molecular flexibility index (Phi) is 5.43. The van der Waals surface area contributed by atoms with Crippen molar-refractivity contribution < 1.29 is 14.3 Å². The first-order valence-electron chi connectivity index (χ1n) is 7.91. The van der Waals surface area contributed by atoms with E-state index in [1.165, 1.54) is 7.11 Å². The molecule has 1 amide bonds. The summed E-state index contributed by atoms with van der Waals surface area (Å²) in [6.07, 6.45) is 1.79. The van der Waals surface area contributed by atoms with E-state index < -0.39 is 0 Å². The van der Waals surface area contributed by atoms with Gasteiger partial charge in [-0.3, -0.25) is 9.48 Å². The molecule has 1 aromatic heterocycles. The summed E-state index contributed by atoms with van der Waals surface area (Å²) in [5, 5.41) is 7.81. The zero-order valence-electron chi connectivity index (χ0n) is 14.4. The van der Waals surface area contributed by atoms with Crippen molar-refractivity contribution in [2.24, 2.45) is 0 Å². The zero-order chi connectivity index (χ0) is 18.5. The lowest BCUT2D eigenvalue weighted by Gasteiger charge is -2.09. The van der Waals surface area contributed by atoms with E-state index in [0.717, 1.165) is 5.56 Å². The van der Waals surface area contributed by atoms with Crippen LogP contribution in [0.2, 0.25) is 5.02 Å². The number of benzene rings is 2. The van der Waals surface area contributed by atoms with Gasteiger partial charge in [0.1, 0.15) is 0 Å². The van der Waals surface area contributed by atoms with Gasteiger partial charge in [-0.05, 0) is 29.8 Å². The van der Waals surface area contributed by atoms with Gasteiger partial charge in [-0.25, -0.2) is 0 Å². The number of hydrogen-bond donors (Lipinski definition) is 1. The summed E-state index contributed by atoms with van der Waals surface area (Å²) in [6.45, 7) is 0.520. The van der Waals surface area contributed by atoms with Crippen molar-refractivity contribution in [3.8, 4) is 11.5 Å². The Labute approximate surface area is 156 Å². The first-order chi connectivity index (χ1) is 12.6. The molecular weight excluding hydrogens is 354 g/mol. The molecular formula is C19H18ClN3O3. The lowest BCUT2D eigenvalue weighted by atomic mass is 10.2. The van der Waals surface area contributed by atoms with Gasteiger partial charge in [0.05, 0.1) is 20.8 Å². The van der Waals surface area contributed by atoms with Crippen LogP contribution in [0.25, 0.3) is 0 Å². The predicted molar refractivity (Wildman–Crippen MR) is 100 cm³/mol. The molecule has 0 unspecified atom stereocenters. The van der Waals surface area contributed by atoms with E-state index >= 15 is 0 Å². The highest BCUT2D eigenvalue weighted by molar-refractivity contribution is 6.31. The Hall–Kier alpha value is -2.99. The SMILES string of the molecule is COc1ccc(C(=O)Nc2ccn(Cc3ccccc3Cl)n2)cc1OC. The molecule has 0 atom stereocenters. The molecule has 6 nitrogen and oxygen atoms in total. The minimum Gasteiger partial charge on any atom is -0.493 e. The van der Waals surface area contributed by atoms with Crippen LogP contribution >= 0.6 is 11.6 Å². The number of hydrogen-bond acceptors (Lipinski definition) is 4. The monoisotopic (exact) mass is 371 g/mol. The first kappa shape index (κ1) is 17.8. The number of carbonyl (C=O) groups is 1. The highest BCUT2D eigenvalue weighted by atomic mass is 35.5. The predicted octanol–water partition coefficient (Wildman–Crippen LogP) is 3.85. The van der Waals surface area contributed by atoms with Crippen LogP contribution in [0.1, 0.15) is 15.9 Å². The van der Waals surface area contributed by atoms with Gasteiger partial charge in [-0.2, -0.15) is 5.10 Å². The summed E-state index contributed by atoms with van der Waals surface area (Å²) in [4.78, 5) is 12.4. The highest BCUT2D eigenvalue weighted by Gasteiger charge is 2.12. The minimum atomic E-state index is -0.283. The summed E-state index contributed by atoms with van der Waals surface area (Å²) < 4.78 is 12.1. The smallest absolute Gasteiger partial charge is 0.257 e. The van der Waals surface area contributed by atoms with E-state index in [0.29, 0.717) is 34.4 Å². The molecule has 3 aromatic rings. The van der Waals surface area contributed by atoms with E-state index in [1.54, 1.807) is 42.3 Å². The maximum atomic E-state index is 12.4. The van der Waals surface area contributed by atoms with Gasteiger partial charge in [-0.1, -0.05) is 29.8 Å². The van der Waals surface area contributed by atoms with Crippen LogP contribution in [0.5, 0.6) is 11.5 Å². The zero-order valence-corrected chi connectivity index (χ0v) is 15.2. The van der Waals surface area contributed by atoms with Crippen LogP contribution in [0.3, 0.4) is 0 Å². The van der Waals surface area contributed by atoms with Crippen LogP contribution in [-0.4, -0.2) is 29.9 Å². The molecule has 0 aliphatic carbocycles. The number of rotatable bonds is 6. The van der Waals surface area contributed by atoms with E-state index in [2.05, 4.69) is 10.4 Å². The van der Waals surface area contributed by atoms with Gasteiger partial charge < -0.3 is 14.8 Å². The van der Waals surface area contributed by atoms with E-state index in [1.807, 2.05) is 24.3 Å². The quantitative estimate of drug-likeness (QED) is 0.714. The largest absolute Gasteiger partial charge is 0.493 e. The van der Waals surface area contributed by atoms with Crippen molar-refractivity contribution in [3.05, 3.63) is 70.9 Å². The third-order valence-corrected chi connectivity index (χ3v) is 4.19. The second-order valence-electron chi connectivity index (χ2n) is 5.51. The number of ether oxygens (including phenoxy) is 2. The molecule has 0 bridgehead atoms.